The van der Waals surface area contributed by atoms with Crippen LogP contribution in [-0.2, 0) is 25.5 Å². The van der Waals surface area contributed by atoms with Gasteiger partial charge in [-0.25, -0.2) is 0 Å². The van der Waals surface area contributed by atoms with Crippen LogP contribution in [-0.4, -0.2) is 25.2 Å². The van der Waals surface area contributed by atoms with Crippen LogP contribution in [0.1, 0.15) is 109 Å². The molecule has 0 radical (unpaired) electrons. The number of carbonyl (C=O) groups is 2. The molecule has 1 aromatic carbocycles. The van der Waals surface area contributed by atoms with Crippen molar-refractivity contribution in [2.24, 2.45) is 0 Å². The van der Waals surface area contributed by atoms with Crippen molar-refractivity contribution in [2.45, 2.75) is 110 Å². The number of benzene rings is 1. The molecule has 1 rings (SSSR count). The first-order valence-electron chi connectivity index (χ1n) is 12.7. The number of ether oxygens (including phenoxy) is 2. The van der Waals surface area contributed by atoms with Gasteiger partial charge in [-0.15, -0.1) is 0 Å². The Morgan fingerprint density at radius 3 is 1.69 bits per heavy atom. The molecule has 0 unspecified atom stereocenters. The lowest BCUT2D eigenvalue weighted by Crippen LogP contribution is -2.12. The number of rotatable bonds is 20. The molecule has 0 N–H and O–H groups in total. The van der Waals surface area contributed by atoms with Gasteiger partial charge in [0.1, 0.15) is 0 Å². The van der Waals surface area contributed by atoms with Crippen LogP contribution in [0.5, 0.6) is 0 Å². The third-order valence-electron chi connectivity index (χ3n) is 5.64. The van der Waals surface area contributed by atoms with E-state index in [-0.39, 0.29) is 31.4 Å². The van der Waals surface area contributed by atoms with Crippen LogP contribution in [0.2, 0.25) is 5.02 Å². The molecule has 0 saturated heterocycles. The highest BCUT2D eigenvalue weighted by atomic mass is 35.5. The molecule has 0 aromatic heterocycles. The fourth-order valence-electron chi connectivity index (χ4n) is 3.63. The summed E-state index contributed by atoms with van der Waals surface area (Å²) >= 11 is 6.07. The van der Waals surface area contributed by atoms with Crippen molar-refractivity contribution in [3.8, 4) is 0 Å². The molecular weight excluding hydrogens is 424 g/mol. The second-order valence-electron chi connectivity index (χ2n) is 8.52. The third-order valence-corrected chi connectivity index (χ3v) is 6.01. The standard InChI is InChI=1S/C27H43ClO4/c1-2-3-4-5-6-7-8-9-10-11-12-13-16-22-31-26(29)19-20-27(30)32-23-21-24-17-14-15-18-25(24)28/h14-15,17-18H,2-13,16,19-23H2,1H3. The van der Waals surface area contributed by atoms with E-state index in [0.29, 0.717) is 18.1 Å². The number of carbonyl (C=O) groups excluding carboxylic acids is 2. The summed E-state index contributed by atoms with van der Waals surface area (Å²) in [4.78, 5) is 23.5. The highest BCUT2D eigenvalue weighted by molar-refractivity contribution is 6.31. The van der Waals surface area contributed by atoms with Gasteiger partial charge in [-0.3, -0.25) is 9.59 Å². The van der Waals surface area contributed by atoms with Crippen molar-refractivity contribution in [1.82, 2.24) is 0 Å². The minimum atomic E-state index is -0.380. The molecule has 1 aromatic rings. The fraction of sp³-hybridized carbons (Fsp3) is 0.704. The number of unbranched alkanes of at least 4 members (excludes halogenated alkanes) is 12. The Morgan fingerprint density at radius 2 is 1.16 bits per heavy atom. The Balaban J connectivity index is 1.86. The average molecular weight is 467 g/mol. The second-order valence-corrected chi connectivity index (χ2v) is 8.93. The number of hydrogen-bond acceptors (Lipinski definition) is 4. The molecule has 0 heterocycles. The quantitative estimate of drug-likeness (QED) is 0.145. The lowest BCUT2D eigenvalue weighted by atomic mass is 10.0. The van der Waals surface area contributed by atoms with Gasteiger partial charge in [-0.05, 0) is 18.1 Å². The molecule has 0 aliphatic rings. The van der Waals surface area contributed by atoms with Crippen LogP contribution in [0, 0.1) is 0 Å². The molecule has 4 nitrogen and oxygen atoms in total. The molecule has 0 aliphatic carbocycles. The highest BCUT2D eigenvalue weighted by Crippen LogP contribution is 2.15. The van der Waals surface area contributed by atoms with Gasteiger partial charge in [0.15, 0.2) is 0 Å². The maximum Gasteiger partial charge on any atom is 0.306 e. The zero-order valence-electron chi connectivity index (χ0n) is 20.0. The van der Waals surface area contributed by atoms with E-state index < -0.39 is 0 Å². The lowest BCUT2D eigenvalue weighted by molar-refractivity contribution is -0.150. The van der Waals surface area contributed by atoms with Gasteiger partial charge in [0.2, 0.25) is 0 Å². The molecule has 0 amide bonds. The summed E-state index contributed by atoms with van der Waals surface area (Å²) in [7, 11) is 0. The molecule has 0 atom stereocenters. The SMILES string of the molecule is CCCCCCCCCCCCCCCOC(=O)CCC(=O)OCCc1ccccc1Cl. The molecule has 32 heavy (non-hydrogen) atoms. The molecule has 0 bridgehead atoms. The van der Waals surface area contributed by atoms with E-state index >= 15 is 0 Å². The normalized spacial score (nSPS) is 10.8. The summed E-state index contributed by atoms with van der Waals surface area (Å²) in [6.07, 6.45) is 17.4. The monoisotopic (exact) mass is 466 g/mol. The second kappa shape index (κ2) is 20.1. The maximum absolute atomic E-state index is 11.8. The molecule has 5 heteroatoms. The zero-order chi connectivity index (χ0) is 23.3. The molecule has 0 spiro atoms. The van der Waals surface area contributed by atoms with Crippen molar-refractivity contribution in [3.05, 3.63) is 34.9 Å². The van der Waals surface area contributed by atoms with Crippen molar-refractivity contribution in [3.63, 3.8) is 0 Å². The smallest absolute Gasteiger partial charge is 0.306 e. The lowest BCUT2D eigenvalue weighted by Gasteiger charge is -2.07. The predicted octanol–water partition coefficient (Wildman–Crippen LogP) is 7.84. The van der Waals surface area contributed by atoms with Gasteiger partial charge in [0.25, 0.3) is 0 Å². The van der Waals surface area contributed by atoms with Crippen LogP contribution in [0.15, 0.2) is 24.3 Å². The van der Waals surface area contributed by atoms with Gasteiger partial charge < -0.3 is 9.47 Å². The Kier molecular flexibility index (Phi) is 17.9. The van der Waals surface area contributed by atoms with Crippen LogP contribution in [0.3, 0.4) is 0 Å². The van der Waals surface area contributed by atoms with Gasteiger partial charge in [0, 0.05) is 11.4 Å². The van der Waals surface area contributed by atoms with Gasteiger partial charge in [-0.2, -0.15) is 0 Å². The number of halogens is 1. The first-order chi connectivity index (χ1) is 15.6. The predicted molar refractivity (Wildman–Crippen MR) is 132 cm³/mol. The Hall–Kier alpha value is -1.55. The molecule has 0 aliphatic heterocycles. The van der Waals surface area contributed by atoms with E-state index in [9.17, 15) is 9.59 Å². The minimum Gasteiger partial charge on any atom is -0.466 e. The molecule has 0 saturated carbocycles. The van der Waals surface area contributed by atoms with Crippen molar-refractivity contribution >= 4 is 23.5 Å². The average Bonchev–Trinajstić information content (AvgIpc) is 2.79. The maximum atomic E-state index is 11.8. The van der Waals surface area contributed by atoms with Crippen molar-refractivity contribution in [2.75, 3.05) is 13.2 Å². The summed E-state index contributed by atoms with van der Waals surface area (Å²) in [5.41, 5.74) is 0.944. The largest absolute Gasteiger partial charge is 0.466 e. The van der Waals surface area contributed by atoms with E-state index in [2.05, 4.69) is 6.92 Å². The Labute approximate surface area is 200 Å². The summed E-state index contributed by atoms with van der Waals surface area (Å²) < 4.78 is 10.4. The third kappa shape index (κ3) is 16.1. The molecule has 0 fully saturated rings. The Morgan fingerprint density at radius 1 is 0.688 bits per heavy atom. The Bertz CT molecular complexity index is 617. The molecular formula is C27H43ClO4. The van der Waals surface area contributed by atoms with Gasteiger partial charge in [0.05, 0.1) is 26.1 Å². The number of esters is 2. The van der Waals surface area contributed by atoms with E-state index in [1.54, 1.807) is 0 Å². The first-order valence-corrected chi connectivity index (χ1v) is 13.1. The highest BCUT2D eigenvalue weighted by Gasteiger charge is 2.09. The zero-order valence-corrected chi connectivity index (χ0v) is 20.8. The van der Waals surface area contributed by atoms with E-state index in [1.807, 2.05) is 24.3 Å². The van der Waals surface area contributed by atoms with Crippen LogP contribution >= 0.6 is 11.6 Å². The van der Waals surface area contributed by atoms with Gasteiger partial charge >= 0.3 is 11.9 Å². The summed E-state index contributed by atoms with van der Waals surface area (Å²) in [5.74, 6) is -0.707. The molecule has 182 valence electrons. The van der Waals surface area contributed by atoms with Gasteiger partial charge in [-0.1, -0.05) is 114 Å². The topological polar surface area (TPSA) is 52.6 Å². The van der Waals surface area contributed by atoms with E-state index in [0.717, 1.165) is 18.4 Å². The van der Waals surface area contributed by atoms with E-state index in [4.69, 9.17) is 21.1 Å². The van der Waals surface area contributed by atoms with Crippen LogP contribution < -0.4 is 0 Å². The minimum absolute atomic E-state index is 0.0555. The van der Waals surface area contributed by atoms with E-state index in [1.165, 1.54) is 70.6 Å². The van der Waals surface area contributed by atoms with Crippen molar-refractivity contribution in [1.29, 1.82) is 0 Å². The summed E-state index contributed by atoms with van der Waals surface area (Å²) in [6.45, 7) is 2.96. The first kappa shape index (κ1) is 28.5. The summed E-state index contributed by atoms with van der Waals surface area (Å²) in [6, 6.07) is 7.48. The fourth-order valence-corrected chi connectivity index (χ4v) is 3.86. The van der Waals surface area contributed by atoms with Crippen LogP contribution in [0.4, 0.5) is 0 Å². The van der Waals surface area contributed by atoms with Crippen molar-refractivity contribution < 1.29 is 19.1 Å². The summed E-state index contributed by atoms with van der Waals surface area (Å²) in [5, 5.41) is 0.667. The number of hydrogen-bond donors (Lipinski definition) is 0. The van der Waals surface area contributed by atoms with Crippen LogP contribution in [0.25, 0.3) is 0 Å².